The van der Waals surface area contributed by atoms with E-state index in [0.29, 0.717) is 22.6 Å². The zero-order valence-corrected chi connectivity index (χ0v) is 13.8. The minimum absolute atomic E-state index is 0.0201. The van der Waals surface area contributed by atoms with E-state index in [1.807, 2.05) is 39.8 Å². The molecule has 0 amide bonds. The van der Waals surface area contributed by atoms with Gasteiger partial charge in [-0.05, 0) is 47.6 Å². The largest absolute Gasteiger partial charge is 0.499 e. The molecular formula is C16H19BN2O3. The molecule has 5 nitrogen and oxygen atoms in total. The zero-order chi connectivity index (χ0) is 16.7. The predicted octanol–water partition coefficient (Wildman–Crippen LogP) is 3.17. The van der Waals surface area contributed by atoms with Crippen molar-refractivity contribution >= 4 is 7.12 Å². The van der Waals surface area contributed by atoms with E-state index >= 15 is 0 Å². The van der Waals surface area contributed by atoms with Crippen LogP contribution < -0.4 is 0 Å². The lowest BCUT2D eigenvalue weighted by atomic mass is 9.71. The van der Waals surface area contributed by atoms with Gasteiger partial charge in [0.2, 0.25) is 0 Å². The van der Waals surface area contributed by atoms with Gasteiger partial charge in [0.15, 0.2) is 0 Å². The highest BCUT2D eigenvalue weighted by Crippen LogP contribution is 2.42. The zero-order valence-electron chi connectivity index (χ0n) is 13.8. The minimum Gasteiger partial charge on any atom is -0.467 e. The summed E-state index contributed by atoms with van der Waals surface area (Å²) in [5.41, 5.74) is 0.107. The summed E-state index contributed by atoms with van der Waals surface area (Å²) in [7, 11) is -0.680. The van der Waals surface area contributed by atoms with Crippen LogP contribution in [0.25, 0.3) is 0 Å². The third-order valence-corrected chi connectivity index (χ3v) is 4.31. The fraction of sp³-hybridized carbons (Fsp3) is 0.500. The lowest BCUT2D eigenvalue weighted by Gasteiger charge is -2.32. The molecule has 2 aliphatic rings. The molecule has 6 heteroatoms. The Labute approximate surface area is 131 Å². The van der Waals surface area contributed by atoms with Gasteiger partial charge in [0, 0.05) is 11.0 Å². The van der Waals surface area contributed by atoms with Gasteiger partial charge in [-0.2, -0.15) is 10.5 Å². The molecule has 0 atom stereocenters. The van der Waals surface area contributed by atoms with Crippen molar-refractivity contribution in [1.29, 1.82) is 10.5 Å². The van der Waals surface area contributed by atoms with Crippen molar-refractivity contribution < 1.29 is 14.0 Å². The van der Waals surface area contributed by atoms with Crippen LogP contribution in [0.1, 0.15) is 41.5 Å². The molecule has 0 radical (unpaired) electrons. The molecule has 2 rings (SSSR count). The number of ether oxygens (including phenoxy) is 1. The molecule has 2 aliphatic heterocycles. The van der Waals surface area contributed by atoms with Crippen molar-refractivity contribution in [2.45, 2.75) is 52.7 Å². The van der Waals surface area contributed by atoms with E-state index in [1.165, 1.54) is 0 Å². The Morgan fingerprint density at radius 3 is 2.00 bits per heavy atom. The Kier molecular flexibility index (Phi) is 3.95. The van der Waals surface area contributed by atoms with Crippen molar-refractivity contribution in [1.82, 2.24) is 0 Å². The van der Waals surface area contributed by atoms with Gasteiger partial charge in [-0.3, -0.25) is 0 Å². The average Bonchev–Trinajstić information content (AvgIpc) is 2.58. The predicted molar refractivity (Wildman–Crippen MR) is 81.9 cm³/mol. The van der Waals surface area contributed by atoms with Crippen molar-refractivity contribution in [3.05, 3.63) is 34.2 Å². The molecule has 0 aliphatic carbocycles. The summed E-state index contributed by atoms with van der Waals surface area (Å²) in [5.74, 6) is 1.20. The van der Waals surface area contributed by atoms with Gasteiger partial charge in [-0.15, -0.1) is 0 Å². The molecule has 22 heavy (non-hydrogen) atoms. The molecule has 0 unspecified atom stereocenters. The van der Waals surface area contributed by atoms with Gasteiger partial charge < -0.3 is 14.0 Å². The maximum Gasteiger partial charge on any atom is 0.499 e. The van der Waals surface area contributed by atoms with Crippen LogP contribution >= 0.6 is 0 Å². The number of hydrogen-bond acceptors (Lipinski definition) is 5. The molecule has 1 saturated heterocycles. The standard InChI is InChI=1S/C16H19BN2O3/c1-10-7-13(12(8-18)9-19)14(11(2)20-10)17-21-15(3,4)16(5,6)22-17/h7H,1-6H3. The third-order valence-electron chi connectivity index (χ3n) is 4.31. The summed E-state index contributed by atoms with van der Waals surface area (Å²) in [6, 6.07) is 3.86. The number of nitriles is 2. The minimum atomic E-state index is -0.680. The Hall–Kier alpha value is -2.02. The lowest BCUT2D eigenvalue weighted by Crippen LogP contribution is -2.41. The molecule has 1 fully saturated rings. The number of allylic oxidation sites excluding steroid dienone is 6. The lowest BCUT2D eigenvalue weighted by molar-refractivity contribution is 0.00578. The Morgan fingerprint density at radius 2 is 1.55 bits per heavy atom. The van der Waals surface area contributed by atoms with Crippen LogP contribution in [0, 0.1) is 22.7 Å². The number of rotatable bonds is 1. The average molecular weight is 298 g/mol. The molecule has 0 N–H and O–H groups in total. The van der Waals surface area contributed by atoms with E-state index in [4.69, 9.17) is 14.0 Å². The molecule has 0 aromatic carbocycles. The van der Waals surface area contributed by atoms with Crippen LogP contribution in [0.15, 0.2) is 34.2 Å². The monoisotopic (exact) mass is 298 g/mol. The molecule has 0 aromatic heterocycles. The Bertz CT molecular complexity index is 655. The second kappa shape index (κ2) is 5.32. The highest BCUT2D eigenvalue weighted by molar-refractivity contribution is 6.56. The van der Waals surface area contributed by atoms with Crippen LogP contribution in [0.4, 0.5) is 0 Å². The van der Waals surface area contributed by atoms with Crippen molar-refractivity contribution in [3.63, 3.8) is 0 Å². The van der Waals surface area contributed by atoms with Crippen molar-refractivity contribution in [2.75, 3.05) is 0 Å². The molecule has 0 bridgehead atoms. The van der Waals surface area contributed by atoms with Gasteiger partial charge in [0.05, 0.1) is 11.2 Å². The van der Waals surface area contributed by atoms with E-state index in [9.17, 15) is 10.5 Å². The van der Waals surface area contributed by atoms with Crippen LogP contribution in [0.2, 0.25) is 0 Å². The molecular weight excluding hydrogens is 279 g/mol. The molecule has 0 saturated carbocycles. The maximum absolute atomic E-state index is 9.21. The molecule has 0 spiro atoms. The van der Waals surface area contributed by atoms with Crippen LogP contribution in [0.3, 0.4) is 0 Å². The summed E-state index contributed by atoms with van der Waals surface area (Å²) in [6.07, 6.45) is 1.68. The van der Waals surface area contributed by atoms with E-state index in [0.717, 1.165) is 0 Å². The molecule has 0 aromatic rings. The second-order valence-corrected chi connectivity index (χ2v) is 6.43. The number of nitrogens with zero attached hydrogens (tertiary/aromatic N) is 2. The second-order valence-electron chi connectivity index (χ2n) is 6.43. The summed E-state index contributed by atoms with van der Waals surface area (Å²) in [4.78, 5) is 0. The smallest absolute Gasteiger partial charge is 0.467 e. The molecule has 114 valence electrons. The van der Waals surface area contributed by atoms with Gasteiger partial charge in [-0.25, -0.2) is 0 Å². The fourth-order valence-corrected chi connectivity index (χ4v) is 2.40. The SMILES string of the molecule is CC1=CC(=C(C#N)C#N)C(B2OC(C)(C)C(C)(C)O2)=C(C)O1. The highest BCUT2D eigenvalue weighted by atomic mass is 16.7. The van der Waals surface area contributed by atoms with Gasteiger partial charge >= 0.3 is 7.12 Å². The van der Waals surface area contributed by atoms with E-state index in [2.05, 4.69) is 0 Å². The van der Waals surface area contributed by atoms with Crippen LogP contribution in [-0.4, -0.2) is 18.3 Å². The first-order valence-corrected chi connectivity index (χ1v) is 7.10. The summed E-state index contributed by atoms with van der Waals surface area (Å²) < 4.78 is 17.7. The quantitative estimate of drug-likeness (QED) is 0.549. The van der Waals surface area contributed by atoms with Crippen LogP contribution in [0.5, 0.6) is 0 Å². The van der Waals surface area contributed by atoms with Crippen molar-refractivity contribution in [3.8, 4) is 12.1 Å². The maximum atomic E-state index is 9.21. The summed E-state index contributed by atoms with van der Waals surface area (Å²) in [6.45, 7) is 11.4. The Morgan fingerprint density at radius 1 is 1.05 bits per heavy atom. The molecule has 2 heterocycles. The first-order chi connectivity index (χ1) is 10.1. The normalized spacial score (nSPS) is 22.6. The third kappa shape index (κ3) is 2.56. The van der Waals surface area contributed by atoms with E-state index in [-0.39, 0.29) is 5.57 Å². The Balaban J connectivity index is 2.55. The summed E-state index contributed by atoms with van der Waals surface area (Å²) in [5, 5.41) is 18.4. The van der Waals surface area contributed by atoms with Gasteiger partial charge in [-0.1, -0.05) is 0 Å². The first-order valence-electron chi connectivity index (χ1n) is 7.10. The van der Waals surface area contributed by atoms with E-state index in [1.54, 1.807) is 19.9 Å². The van der Waals surface area contributed by atoms with Gasteiger partial charge in [0.1, 0.15) is 29.2 Å². The fourth-order valence-electron chi connectivity index (χ4n) is 2.40. The van der Waals surface area contributed by atoms with E-state index < -0.39 is 18.3 Å². The first kappa shape index (κ1) is 16.4. The van der Waals surface area contributed by atoms with Crippen molar-refractivity contribution in [2.24, 2.45) is 0 Å². The topological polar surface area (TPSA) is 75.3 Å². The summed E-state index contributed by atoms with van der Waals surface area (Å²) >= 11 is 0. The highest BCUT2D eigenvalue weighted by Gasteiger charge is 2.54. The van der Waals surface area contributed by atoms with Crippen LogP contribution in [-0.2, 0) is 14.0 Å². The number of hydrogen-bond donors (Lipinski definition) is 0. The van der Waals surface area contributed by atoms with Gasteiger partial charge in [0.25, 0.3) is 0 Å².